The molecule has 2 atom stereocenters. The van der Waals surface area contributed by atoms with Crippen molar-refractivity contribution in [3.8, 4) is 0 Å². The van der Waals surface area contributed by atoms with Gasteiger partial charge in [-0.2, -0.15) is 0 Å². The molecule has 1 saturated heterocycles. The fraction of sp³-hybridized carbons (Fsp3) is 0.588. The summed E-state index contributed by atoms with van der Waals surface area (Å²) in [7, 11) is 1.99. The number of likely N-dealkylation sites (N-methyl/N-ethyl adjacent to an activating group) is 1. The van der Waals surface area contributed by atoms with Gasteiger partial charge in [-0.05, 0) is 24.4 Å². The van der Waals surface area contributed by atoms with Gasteiger partial charge in [-0.25, -0.2) is 0 Å². The van der Waals surface area contributed by atoms with Crippen LogP contribution in [0.3, 0.4) is 0 Å². The smallest absolute Gasteiger partial charge is 0.221 e. The quantitative estimate of drug-likeness (QED) is 0.865. The molecule has 4 heteroatoms. The zero-order chi connectivity index (χ0) is 15.5. The third kappa shape index (κ3) is 4.05. The largest absolute Gasteiger partial charge is 0.395 e. The van der Waals surface area contributed by atoms with Gasteiger partial charge < -0.3 is 10.4 Å². The molecule has 0 saturated carbocycles. The normalized spacial score (nSPS) is 23.2. The molecular weight excluding hydrogens is 264 g/mol. The minimum atomic E-state index is -0.174. The molecule has 0 radical (unpaired) electrons. The van der Waals surface area contributed by atoms with Crippen LogP contribution in [0.25, 0.3) is 0 Å². The van der Waals surface area contributed by atoms with Crippen molar-refractivity contribution in [2.75, 3.05) is 20.2 Å². The van der Waals surface area contributed by atoms with Crippen LogP contribution in [0.2, 0.25) is 0 Å². The molecule has 0 aromatic heterocycles. The molecule has 1 aromatic rings. The number of benzene rings is 1. The first-order valence-electron chi connectivity index (χ1n) is 7.58. The van der Waals surface area contributed by atoms with E-state index in [1.165, 1.54) is 5.56 Å². The Balaban J connectivity index is 1.90. The number of nitrogens with zero attached hydrogens (tertiary/aromatic N) is 1. The van der Waals surface area contributed by atoms with Crippen molar-refractivity contribution in [2.24, 2.45) is 0 Å². The van der Waals surface area contributed by atoms with E-state index in [2.05, 4.69) is 36.2 Å². The molecule has 0 bridgehead atoms. The van der Waals surface area contributed by atoms with Gasteiger partial charge in [-0.3, -0.25) is 9.69 Å². The summed E-state index contributed by atoms with van der Waals surface area (Å²) >= 11 is 0. The molecule has 2 N–H and O–H groups in total. The van der Waals surface area contributed by atoms with Gasteiger partial charge >= 0.3 is 0 Å². The molecule has 1 aliphatic heterocycles. The second-order valence-electron chi connectivity index (χ2n) is 6.70. The number of nitrogens with one attached hydrogen (secondary N) is 1. The Morgan fingerprint density at radius 1 is 1.38 bits per heavy atom. The van der Waals surface area contributed by atoms with Gasteiger partial charge in [0.25, 0.3) is 0 Å². The van der Waals surface area contributed by atoms with E-state index in [0.29, 0.717) is 6.42 Å². The average Bonchev–Trinajstić information content (AvgIpc) is 2.79. The van der Waals surface area contributed by atoms with Crippen molar-refractivity contribution in [1.29, 1.82) is 0 Å². The lowest BCUT2D eigenvalue weighted by molar-refractivity contribution is -0.122. The van der Waals surface area contributed by atoms with Gasteiger partial charge in [0.1, 0.15) is 0 Å². The molecule has 1 fully saturated rings. The lowest BCUT2D eigenvalue weighted by Gasteiger charge is -2.25. The van der Waals surface area contributed by atoms with E-state index in [-0.39, 0.29) is 30.0 Å². The first-order chi connectivity index (χ1) is 9.92. The second-order valence-corrected chi connectivity index (χ2v) is 6.70. The maximum Gasteiger partial charge on any atom is 0.221 e. The molecule has 116 valence electrons. The van der Waals surface area contributed by atoms with Gasteiger partial charge in [0, 0.05) is 25.0 Å². The van der Waals surface area contributed by atoms with Gasteiger partial charge in [0.2, 0.25) is 5.91 Å². The SMILES string of the molecule is CN1C[C@H](NC(=O)CC(C)(C)c2ccccc2)C[C@H]1CO. The number of hydrogen-bond donors (Lipinski definition) is 2. The molecule has 4 nitrogen and oxygen atoms in total. The Morgan fingerprint density at radius 3 is 2.62 bits per heavy atom. The van der Waals surface area contributed by atoms with Crippen LogP contribution in [-0.4, -0.2) is 48.2 Å². The minimum absolute atomic E-state index is 0.0841. The molecule has 2 rings (SSSR count). The monoisotopic (exact) mass is 290 g/mol. The average molecular weight is 290 g/mol. The lowest BCUT2D eigenvalue weighted by atomic mass is 9.81. The second kappa shape index (κ2) is 6.58. The number of amides is 1. The minimum Gasteiger partial charge on any atom is -0.395 e. The number of hydrogen-bond acceptors (Lipinski definition) is 3. The summed E-state index contributed by atoms with van der Waals surface area (Å²) in [6, 6.07) is 10.4. The van der Waals surface area contributed by atoms with Crippen LogP contribution in [0.4, 0.5) is 0 Å². The number of rotatable bonds is 5. The summed E-state index contributed by atoms with van der Waals surface area (Å²) in [5.41, 5.74) is 1.00. The van der Waals surface area contributed by atoms with E-state index >= 15 is 0 Å². The Kier molecular flexibility index (Phi) is 5.01. The third-order valence-corrected chi connectivity index (χ3v) is 4.42. The number of likely N-dealkylation sites (tertiary alicyclic amines) is 1. The van der Waals surface area contributed by atoms with Crippen LogP contribution in [0, 0.1) is 0 Å². The van der Waals surface area contributed by atoms with Gasteiger partial charge in [0.05, 0.1) is 6.61 Å². The van der Waals surface area contributed by atoms with Gasteiger partial charge in [-0.1, -0.05) is 44.2 Å². The van der Waals surface area contributed by atoms with Crippen molar-refractivity contribution in [3.05, 3.63) is 35.9 Å². The molecular formula is C17H26N2O2. The topological polar surface area (TPSA) is 52.6 Å². The summed E-state index contributed by atoms with van der Waals surface area (Å²) in [6.45, 7) is 5.15. The number of aliphatic hydroxyl groups excluding tert-OH is 1. The first-order valence-corrected chi connectivity index (χ1v) is 7.58. The lowest BCUT2D eigenvalue weighted by Crippen LogP contribution is -2.39. The molecule has 1 aliphatic rings. The summed E-state index contributed by atoms with van der Waals surface area (Å²) < 4.78 is 0. The van der Waals surface area contributed by atoms with E-state index in [1.54, 1.807) is 0 Å². The van der Waals surface area contributed by atoms with Crippen LogP contribution in [0.15, 0.2) is 30.3 Å². The molecule has 0 unspecified atom stereocenters. The molecule has 21 heavy (non-hydrogen) atoms. The predicted octanol–water partition coefficient (Wildman–Crippen LogP) is 1.54. The fourth-order valence-electron chi connectivity index (χ4n) is 3.07. The van der Waals surface area contributed by atoms with Crippen molar-refractivity contribution < 1.29 is 9.90 Å². The van der Waals surface area contributed by atoms with Crippen LogP contribution >= 0.6 is 0 Å². The maximum atomic E-state index is 12.3. The zero-order valence-electron chi connectivity index (χ0n) is 13.2. The molecule has 1 aromatic carbocycles. The highest BCUT2D eigenvalue weighted by molar-refractivity contribution is 5.78. The van der Waals surface area contributed by atoms with Crippen LogP contribution < -0.4 is 5.32 Å². The summed E-state index contributed by atoms with van der Waals surface area (Å²) in [5, 5.41) is 12.4. The molecule has 1 amide bonds. The number of aliphatic hydroxyl groups is 1. The molecule has 0 spiro atoms. The van der Waals surface area contributed by atoms with E-state index in [9.17, 15) is 9.90 Å². The first kappa shape index (κ1) is 16.0. The van der Waals surface area contributed by atoms with Gasteiger partial charge in [0.15, 0.2) is 0 Å². The number of carbonyl (C=O) groups is 1. The predicted molar refractivity (Wildman–Crippen MR) is 84.1 cm³/mol. The Morgan fingerprint density at radius 2 is 2.05 bits per heavy atom. The number of carbonyl (C=O) groups excluding carboxylic acids is 1. The van der Waals surface area contributed by atoms with Crippen molar-refractivity contribution in [1.82, 2.24) is 10.2 Å². The van der Waals surface area contributed by atoms with Crippen LogP contribution in [-0.2, 0) is 10.2 Å². The highest BCUT2D eigenvalue weighted by atomic mass is 16.3. The summed E-state index contributed by atoms with van der Waals surface area (Å²) in [5.74, 6) is 0.0841. The third-order valence-electron chi connectivity index (χ3n) is 4.42. The summed E-state index contributed by atoms with van der Waals surface area (Å²) in [6.07, 6.45) is 1.30. The van der Waals surface area contributed by atoms with E-state index in [1.807, 2.05) is 25.2 Å². The standard InChI is InChI=1S/C17H26N2O2/c1-17(2,13-7-5-4-6-8-13)10-16(21)18-14-9-15(12-20)19(3)11-14/h4-8,14-15,20H,9-12H2,1-3H3,(H,18,21)/t14-,15+/m1/s1. The van der Waals surface area contributed by atoms with Crippen molar-refractivity contribution in [2.45, 2.75) is 44.2 Å². The highest BCUT2D eigenvalue weighted by Crippen LogP contribution is 2.27. The van der Waals surface area contributed by atoms with E-state index < -0.39 is 0 Å². The molecule has 1 heterocycles. The fourth-order valence-corrected chi connectivity index (χ4v) is 3.07. The Labute approximate surface area is 127 Å². The van der Waals surface area contributed by atoms with Crippen LogP contribution in [0.5, 0.6) is 0 Å². The summed E-state index contributed by atoms with van der Waals surface area (Å²) in [4.78, 5) is 14.4. The van der Waals surface area contributed by atoms with Gasteiger partial charge in [-0.15, -0.1) is 0 Å². The highest BCUT2D eigenvalue weighted by Gasteiger charge is 2.31. The van der Waals surface area contributed by atoms with Crippen LogP contribution in [0.1, 0.15) is 32.3 Å². The zero-order valence-corrected chi connectivity index (χ0v) is 13.2. The Hall–Kier alpha value is -1.39. The Bertz CT molecular complexity index is 473. The van der Waals surface area contributed by atoms with Crippen molar-refractivity contribution in [3.63, 3.8) is 0 Å². The van der Waals surface area contributed by atoms with E-state index in [4.69, 9.17) is 0 Å². The van der Waals surface area contributed by atoms with E-state index in [0.717, 1.165) is 13.0 Å². The molecule has 0 aliphatic carbocycles. The van der Waals surface area contributed by atoms with Crippen molar-refractivity contribution >= 4 is 5.91 Å². The maximum absolute atomic E-state index is 12.3.